The van der Waals surface area contributed by atoms with Crippen molar-refractivity contribution < 1.29 is 19.7 Å². The maximum absolute atomic E-state index is 8.68. The van der Waals surface area contributed by atoms with Crippen molar-refractivity contribution in [3.63, 3.8) is 0 Å². The van der Waals surface area contributed by atoms with Crippen molar-refractivity contribution in [3.05, 3.63) is 0 Å². The van der Waals surface area contributed by atoms with Gasteiger partial charge in [-0.1, -0.05) is 0 Å². The fourth-order valence-electron chi connectivity index (χ4n) is 0.480. The lowest BCUT2D eigenvalue weighted by Crippen LogP contribution is -2.38. The number of ether oxygens (including phenoxy) is 2. The molecule has 1 heterocycles. The summed E-state index contributed by atoms with van der Waals surface area (Å²) in [4.78, 5) is 0. The largest absolute Gasteiger partial charge is 0.385 e. The van der Waals surface area contributed by atoms with E-state index in [4.69, 9.17) is 10.2 Å². The molecular weight excluding hydrogens is 112 g/mol. The Balaban J connectivity index is 2.28. The molecule has 2 N–H and O–H groups in total. The molecule has 48 valence electrons. The van der Waals surface area contributed by atoms with Gasteiger partial charge in [0.25, 0.3) is 0 Å². The van der Waals surface area contributed by atoms with Crippen LogP contribution in [0.25, 0.3) is 0 Å². The minimum absolute atomic E-state index is 0.0677. The standard InChI is InChI=1S/C4H8O4/c5-3-1-7-2-8-4(3)6/h3-6H,1-2H2. The van der Waals surface area contributed by atoms with Gasteiger partial charge in [0.2, 0.25) is 0 Å². The normalized spacial score (nSPS) is 39.8. The van der Waals surface area contributed by atoms with Crippen molar-refractivity contribution in [1.82, 2.24) is 0 Å². The Hall–Kier alpha value is -0.160. The monoisotopic (exact) mass is 120 g/mol. The van der Waals surface area contributed by atoms with Gasteiger partial charge in [-0.2, -0.15) is 0 Å². The van der Waals surface area contributed by atoms with Crippen LogP contribution in [0.5, 0.6) is 0 Å². The van der Waals surface area contributed by atoms with Gasteiger partial charge in [-0.05, 0) is 0 Å². The van der Waals surface area contributed by atoms with Crippen molar-refractivity contribution >= 4 is 0 Å². The molecule has 1 saturated heterocycles. The second-order valence-corrected chi connectivity index (χ2v) is 1.61. The first kappa shape index (κ1) is 5.97. The van der Waals surface area contributed by atoms with Crippen LogP contribution in [-0.2, 0) is 9.47 Å². The number of hydrogen-bond acceptors (Lipinski definition) is 4. The molecule has 8 heavy (non-hydrogen) atoms. The van der Waals surface area contributed by atoms with Gasteiger partial charge in [0.05, 0.1) is 6.61 Å². The quantitative estimate of drug-likeness (QED) is 0.416. The van der Waals surface area contributed by atoms with Gasteiger partial charge in [-0.25, -0.2) is 0 Å². The van der Waals surface area contributed by atoms with Crippen LogP contribution in [0.1, 0.15) is 0 Å². The fourth-order valence-corrected chi connectivity index (χ4v) is 0.480. The summed E-state index contributed by atoms with van der Waals surface area (Å²) in [6.45, 7) is 0.222. The van der Waals surface area contributed by atoms with Crippen LogP contribution < -0.4 is 0 Å². The molecular formula is C4H8O4. The Morgan fingerprint density at radius 1 is 1.38 bits per heavy atom. The lowest BCUT2D eigenvalue weighted by Gasteiger charge is -2.22. The van der Waals surface area contributed by atoms with E-state index in [1.165, 1.54) is 0 Å². The van der Waals surface area contributed by atoms with Crippen LogP contribution in [0.15, 0.2) is 0 Å². The zero-order valence-electron chi connectivity index (χ0n) is 4.28. The van der Waals surface area contributed by atoms with Gasteiger partial charge in [0, 0.05) is 0 Å². The Kier molecular flexibility index (Phi) is 1.80. The highest BCUT2D eigenvalue weighted by atomic mass is 16.7. The molecule has 4 heteroatoms. The molecule has 0 bridgehead atoms. The van der Waals surface area contributed by atoms with Crippen molar-refractivity contribution in [2.24, 2.45) is 0 Å². The van der Waals surface area contributed by atoms with Gasteiger partial charge >= 0.3 is 0 Å². The molecule has 4 nitrogen and oxygen atoms in total. The zero-order chi connectivity index (χ0) is 5.98. The summed E-state index contributed by atoms with van der Waals surface area (Å²) in [6.07, 6.45) is -1.95. The van der Waals surface area contributed by atoms with Gasteiger partial charge in [0.15, 0.2) is 6.29 Å². The average molecular weight is 120 g/mol. The van der Waals surface area contributed by atoms with Crippen LogP contribution in [0.4, 0.5) is 0 Å². The van der Waals surface area contributed by atoms with E-state index in [2.05, 4.69) is 9.47 Å². The van der Waals surface area contributed by atoms with E-state index in [9.17, 15) is 0 Å². The molecule has 0 aromatic heterocycles. The van der Waals surface area contributed by atoms with Gasteiger partial charge in [-0.15, -0.1) is 0 Å². The first-order chi connectivity index (χ1) is 3.80. The molecule has 0 aromatic rings. The molecule has 1 aliphatic rings. The van der Waals surface area contributed by atoms with Gasteiger partial charge in [-0.3, -0.25) is 0 Å². The summed E-state index contributed by atoms with van der Waals surface area (Å²) >= 11 is 0. The summed E-state index contributed by atoms with van der Waals surface area (Å²) < 4.78 is 9.09. The molecule has 0 aliphatic carbocycles. The summed E-state index contributed by atoms with van der Waals surface area (Å²) in [5, 5.41) is 17.3. The third-order valence-electron chi connectivity index (χ3n) is 0.940. The SMILES string of the molecule is OC1COCOC1O. The Labute approximate surface area is 46.6 Å². The van der Waals surface area contributed by atoms with Crippen molar-refractivity contribution in [3.8, 4) is 0 Å². The first-order valence-corrected chi connectivity index (χ1v) is 2.36. The van der Waals surface area contributed by atoms with E-state index < -0.39 is 12.4 Å². The lowest BCUT2D eigenvalue weighted by molar-refractivity contribution is -0.262. The van der Waals surface area contributed by atoms with Gasteiger partial charge in [0.1, 0.15) is 12.9 Å². The van der Waals surface area contributed by atoms with Gasteiger partial charge < -0.3 is 19.7 Å². The number of rotatable bonds is 0. The predicted molar refractivity (Wildman–Crippen MR) is 23.9 cm³/mol. The van der Waals surface area contributed by atoms with E-state index in [1.54, 1.807) is 0 Å². The topological polar surface area (TPSA) is 58.9 Å². The maximum Gasteiger partial charge on any atom is 0.185 e. The van der Waals surface area contributed by atoms with Crippen LogP contribution in [0.3, 0.4) is 0 Å². The molecule has 0 radical (unpaired) electrons. The minimum Gasteiger partial charge on any atom is -0.385 e. The van der Waals surface area contributed by atoms with E-state index in [-0.39, 0.29) is 13.4 Å². The molecule has 0 saturated carbocycles. The lowest BCUT2D eigenvalue weighted by atomic mass is 10.3. The fraction of sp³-hybridized carbons (Fsp3) is 1.00. The highest BCUT2D eigenvalue weighted by molar-refractivity contribution is 4.58. The number of aliphatic hydroxyl groups is 2. The van der Waals surface area contributed by atoms with Crippen molar-refractivity contribution in [2.75, 3.05) is 13.4 Å². The van der Waals surface area contributed by atoms with Crippen LogP contribution in [0.2, 0.25) is 0 Å². The Morgan fingerprint density at radius 2 is 2.12 bits per heavy atom. The van der Waals surface area contributed by atoms with Crippen LogP contribution >= 0.6 is 0 Å². The summed E-state index contributed by atoms with van der Waals surface area (Å²) in [6, 6.07) is 0. The van der Waals surface area contributed by atoms with Crippen molar-refractivity contribution in [2.45, 2.75) is 12.4 Å². The zero-order valence-corrected chi connectivity index (χ0v) is 4.28. The number of aliphatic hydroxyl groups excluding tert-OH is 2. The smallest absolute Gasteiger partial charge is 0.185 e. The second-order valence-electron chi connectivity index (χ2n) is 1.61. The molecule has 0 amide bonds. The minimum atomic E-state index is -1.07. The predicted octanol–water partition coefficient (Wildman–Crippen LogP) is -1.33. The highest BCUT2D eigenvalue weighted by Gasteiger charge is 2.20. The van der Waals surface area contributed by atoms with E-state index in [1.807, 2.05) is 0 Å². The maximum atomic E-state index is 8.68. The van der Waals surface area contributed by atoms with Crippen LogP contribution in [0, 0.1) is 0 Å². The first-order valence-electron chi connectivity index (χ1n) is 2.36. The molecule has 2 atom stereocenters. The second kappa shape index (κ2) is 2.41. The molecule has 1 aliphatic heterocycles. The van der Waals surface area contributed by atoms with Crippen LogP contribution in [-0.4, -0.2) is 36.0 Å². The Morgan fingerprint density at radius 3 is 2.50 bits per heavy atom. The molecule has 2 unspecified atom stereocenters. The summed E-state index contributed by atoms with van der Waals surface area (Å²) in [7, 11) is 0. The third-order valence-corrected chi connectivity index (χ3v) is 0.940. The summed E-state index contributed by atoms with van der Waals surface area (Å²) in [5.74, 6) is 0. The van der Waals surface area contributed by atoms with E-state index >= 15 is 0 Å². The number of hydrogen-bond donors (Lipinski definition) is 2. The summed E-state index contributed by atoms with van der Waals surface area (Å²) in [5.41, 5.74) is 0. The van der Waals surface area contributed by atoms with Crippen molar-refractivity contribution in [1.29, 1.82) is 0 Å². The Bertz CT molecular complexity index is 64.4. The highest BCUT2D eigenvalue weighted by Crippen LogP contribution is 2.02. The van der Waals surface area contributed by atoms with E-state index in [0.717, 1.165) is 0 Å². The average Bonchev–Trinajstić information content (AvgIpc) is 1.77. The molecule has 1 fully saturated rings. The molecule has 0 spiro atoms. The molecule has 1 rings (SSSR count). The van der Waals surface area contributed by atoms with E-state index in [0.29, 0.717) is 0 Å². The third kappa shape index (κ3) is 1.16. The molecule has 0 aromatic carbocycles.